The van der Waals surface area contributed by atoms with Crippen molar-refractivity contribution in [1.82, 2.24) is 0 Å². The molecule has 13 atom stereocenters. The van der Waals surface area contributed by atoms with E-state index in [9.17, 15) is 28.8 Å². The maximum absolute atomic E-state index is 11.7. The molecule has 4 saturated carbocycles. The topological polar surface area (TPSA) is 145 Å². The minimum Gasteiger partial charge on any atom is -0.393 e. The van der Waals surface area contributed by atoms with Crippen LogP contribution in [0.15, 0.2) is 12.2 Å². The summed E-state index contributed by atoms with van der Waals surface area (Å²) in [5.74, 6) is 0.786. The first kappa shape index (κ1) is 29.4. The Balaban J connectivity index is 1.51. The van der Waals surface area contributed by atoms with E-state index < -0.39 is 39.7 Å². The maximum Gasteiger partial charge on any atom is 0.397 e. The second kappa shape index (κ2) is 10.1. The normalized spacial score (nSPS) is 48.6. The summed E-state index contributed by atoms with van der Waals surface area (Å²) in [5, 5.41) is 44.6. The SMILES string of the molecule is C[C@H](/C=C/[C@@H](C)[C@H]1C[C@H](O)C2C3C[C@@H](O)[C@@]4(O)C[C@@H](O)CC[C@]4(C)C3CC[C@@]21C)[C@H](C)COS(=O)(=O)O. The molecule has 0 saturated heterocycles. The van der Waals surface area contributed by atoms with E-state index in [4.69, 9.17) is 4.55 Å². The van der Waals surface area contributed by atoms with E-state index in [2.05, 4.69) is 37.1 Å². The van der Waals surface area contributed by atoms with Crippen molar-refractivity contribution in [2.24, 2.45) is 52.3 Å². The van der Waals surface area contributed by atoms with Gasteiger partial charge in [0.1, 0.15) is 0 Å². The molecule has 4 fully saturated rings. The molecule has 4 aliphatic carbocycles. The van der Waals surface area contributed by atoms with Crippen LogP contribution in [0.1, 0.15) is 79.6 Å². The molecule has 0 aliphatic heterocycles. The summed E-state index contributed by atoms with van der Waals surface area (Å²) in [6.07, 6.45) is 6.88. The Morgan fingerprint density at radius 1 is 1.03 bits per heavy atom. The largest absolute Gasteiger partial charge is 0.397 e. The summed E-state index contributed by atoms with van der Waals surface area (Å²) in [5.41, 5.74) is -1.85. The lowest BCUT2D eigenvalue weighted by molar-refractivity contribution is -0.268. The monoisotopic (exact) mass is 544 g/mol. The number of allylic oxidation sites excluding steroid dienone is 2. The zero-order chi connectivity index (χ0) is 27.6. The molecule has 214 valence electrons. The van der Waals surface area contributed by atoms with Gasteiger partial charge in [-0.2, -0.15) is 8.42 Å². The van der Waals surface area contributed by atoms with Gasteiger partial charge in [0.2, 0.25) is 0 Å². The zero-order valence-electron chi connectivity index (χ0n) is 23.0. The van der Waals surface area contributed by atoms with Crippen molar-refractivity contribution in [2.45, 2.75) is 103 Å². The third kappa shape index (κ3) is 5.07. The number of hydrogen-bond donors (Lipinski definition) is 5. The van der Waals surface area contributed by atoms with Gasteiger partial charge in [0.25, 0.3) is 0 Å². The molecule has 37 heavy (non-hydrogen) atoms. The molecule has 0 radical (unpaired) electrons. The molecular formula is C28H48O8S. The fourth-order valence-electron chi connectivity index (χ4n) is 9.21. The lowest BCUT2D eigenvalue weighted by Gasteiger charge is -2.65. The predicted molar refractivity (Wildman–Crippen MR) is 140 cm³/mol. The highest BCUT2D eigenvalue weighted by Crippen LogP contribution is 2.69. The minimum atomic E-state index is -4.45. The van der Waals surface area contributed by atoms with Crippen LogP contribution in [-0.4, -0.2) is 63.9 Å². The Morgan fingerprint density at radius 2 is 1.70 bits per heavy atom. The van der Waals surface area contributed by atoms with E-state index in [1.165, 1.54) is 0 Å². The highest BCUT2D eigenvalue weighted by molar-refractivity contribution is 7.80. The first-order valence-corrected chi connectivity index (χ1v) is 15.5. The molecule has 0 aromatic carbocycles. The molecule has 0 spiro atoms. The Kier molecular flexibility index (Phi) is 8.06. The number of rotatable bonds is 7. The molecular weight excluding hydrogens is 496 g/mol. The zero-order valence-corrected chi connectivity index (χ0v) is 23.8. The van der Waals surface area contributed by atoms with Gasteiger partial charge in [-0.3, -0.25) is 4.55 Å². The molecule has 4 rings (SSSR count). The summed E-state index contributed by atoms with van der Waals surface area (Å²) in [6.45, 7) is 10.4. The molecule has 3 unspecified atom stereocenters. The number of aliphatic hydroxyl groups excluding tert-OH is 3. The summed E-state index contributed by atoms with van der Waals surface area (Å²) in [4.78, 5) is 0. The van der Waals surface area contributed by atoms with Crippen LogP contribution in [-0.2, 0) is 14.6 Å². The van der Waals surface area contributed by atoms with E-state index >= 15 is 0 Å². The first-order chi connectivity index (χ1) is 17.0. The third-order valence-electron chi connectivity index (χ3n) is 11.6. The molecule has 5 N–H and O–H groups in total. The standard InChI is InChI=1S/C28H48O8S/c1-16(18(3)15-36-37(33,34)35)6-7-17(2)22-13-23(30)25-20-12-24(31)28(32)14-19(29)8-11-27(28,5)21(20)9-10-26(22,25)4/h6-7,16-25,29-32H,8-15H2,1-5H3,(H,33,34,35)/b7-6+/t16-,17-,18-,19+,20?,21?,22-,23+,24-,25?,26-,27-,28+/m1/s1. The first-order valence-electron chi connectivity index (χ1n) is 14.1. The van der Waals surface area contributed by atoms with E-state index in [0.29, 0.717) is 25.7 Å². The van der Waals surface area contributed by atoms with Gasteiger partial charge in [0.15, 0.2) is 0 Å². The third-order valence-corrected chi connectivity index (χ3v) is 12.1. The highest BCUT2D eigenvalue weighted by atomic mass is 32.3. The fourth-order valence-corrected chi connectivity index (χ4v) is 9.60. The van der Waals surface area contributed by atoms with E-state index in [1.807, 2.05) is 13.8 Å². The van der Waals surface area contributed by atoms with Gasteiger partial charge in [-0.1, -0.05) is 46.8 Å². The van der Waals surface area contributed by atoms with Gasteiger partial charge in [-0.15, -0.1) is 0 Å². The molecule has 8 nitrogen and oxygen atoms in total. The van der Waals surface area contributed by atoms with Gasteiger partial charge in [-0.05, 0) is 85.4 Å². The summed E-state index contributed by atoms with van der Waals surface area (Å²) in [7, 11) is -4.45. The van der Waals surface area contributed by atoms with Crippen LogP contribution >= 0.6 is 0 Å². The summed E-state index contributed by atoms with van der Waals surface area (Å²) >= 11 is 0. The van der Waals surface area contributed by atoms with E-state index in [1.54, 1.807) is 0 Å². The van der Waals surface area contributed by atoms with Crippen molar-refractivity contribution < 1.29 is 37.6 Å². The summed E-state index contributed by atoms with van der Waals surface area (Å²) in [6, 6.07) is 0. The van der Waals surface area contributed by atoms with Crippen molar-refractivity contribution in [1.29, 1.82) is 0 Å². The smallest absolute Gasteiger partial charge is 0.393 e. The van der Waals surface area contributed by atoms with E-state index in [-0.39, 0.29) is 59.9 Å². The highest BCUT2D eigenvalue weighted by Gasteiger charge is 2.68. The molecule has 0 amide bonds. The van der Waals surface area contributed by atoms with Crippen molar-refractivity contribution in [3.63, 3.8) is 0 Å². The van der Waals surface area contributed by atoms with Crippen molar-refractivity contribution in [3.05, 3.63) is 12.2 Å². The summed E-state index contributed by atoms with van der Waals surface area (Å²) < 4.78 is 35.2. The van der Waals surface area contributed by atoms with Gasteiger partial charge in [-0.25, -0.2) is 4.18 Å². The van der Waals surface area contributed by atoms with Crippen LogP contribution < -0.4 is 0 Å². The Labute approximate surface area is 222 Å². The van der Waals surface area contributed by atoms with E-state index in [0.717, 1.165) is 12.8 Å². The molecule has 0 bridgehead atoms. The van der Waals surface area contributed by atoms with Gasteiger partial charge in [0, 0.05) is 11.8 Å². The second-order valence-electron chi connectivity index (χ2n) is 13.5. The second-order valence-corrected chi connectivity index (χ2v) is 14.6. The number of hydrogen-bond acceptors (Lipinski definition) is 7. The molecule has 0 aromatic rings. The maximum atomic E-state index is 11.7. The number of fused-ring (bicyclic) bond motifs is 5. The minimum absolute atomic E-state index is 0.0441. The van der Waals surface area contributed by atoms with Gasteiger partial charge in [0.05, 0.1) is 30.5 Å². The van der Waals surface area contributed by atoms with Gasteiger partial charge < -0.3 is 20.4 Å². The van der Waals surface area contributed by atoms with Gasteiger partial charge >= 0.3 is 10.4 Å². The van der Waals surface area contributed by atoms with Crippen LogP contribution in [0, 0.1) is 52.3 Å². The molecule has 9 heteroatoms. The van der Waals surface area contributed by atoms with Crippen LogP contribution in [0.25, 0.3) is 0 Å². The Morgan fingerprint density at radius 3 is 2.35 bits per heavy atom. The average Bonchev–Trinajstić information content (AvgIpc) is 3.08. The molecule has 0 aromatic heterocycles. The quantitative estimate of drug-likeness (QED) is 0.242. The van der Waals surface area contributed by atoms with Crippen LogP contribution in [0.5, 0.6) is 0 Å². The van der Waals surface area contributed by atoms with Crippen LogP contribution in [0.3, 0.4) is 0 Å². The Bertz CT molecular complexity index is 969. The van der Waals surface area contributed by atoms with Crippen molar-refractivity contribution in [2.75, 3.05) is 6.61 Å². The molecule has 4 aliphatic rings. The van der Waals surface area contributed by atoms with Crippen molar-refractivity contribution in [3.8, 4) is 0 Å². The lowest BCUT2D eigenvalue weighted by Crippen LogP contribution is -2.69. The fraction of sp³-hybridized carbons (Fsp3) is 0.929. The average molecular weight is 545 g/mol. The molecule has 0 heterocycles. The van der Waals surface area contributed by atoms with Crippen LogP contribution in [0.2, 0.25) is 0 Å². The van der Waals surface area contributed by atoms with Crippen LogP contribution in [0.4, 0.5) is 0 Å². The van der Waals surface area contributed by atoms with Crippen molar-refractivity contribution >= 4 is 10.4 Å². The number of aliphatic hydroxyl groups is 4. The Hall–Kier alpha value is -0.550. The lowest BCUT2D eigenvalue weighted by atomic mass is 9.42. The predicted octanol–water partition coefficient (Wildman–Crippen LogP) is 3.35.